The lowest BCUT2D eigenvalue weighted by Gasteiger charge is -2.25. The fraction of sp³-hybridized carbons (Fsp3) is 0.552. The Balaban J connectivity index is 1.64. The van der Waals surface area contributed by atoms with Gasteiger partial charge in [-0.2, -0.15) is 0 Å². The quantitative estimate of drug-likeness (QED) is 0.280. The van der Waals surface area contributed by atoms with Gasteiger partial charge in [-0.25, -0.2) is 9.97 Å². The van der Waals surface area contributed by atoms with Crippen molar-refractivity contribution in [3.63, 3.8) is 0 Å². The minimum Gasteiger partial charge on any atom is -0.492 e. The van der Waals surface area contributed by atoms with Gasteiger partial charge in [0.15, 0.2) is 5.65 Å². The van der Waals surface area contributed by atoms with Crippen molar-refractivity contribution < 1.29 is 14.3 Å². The van der Waals surface area contributed by atoms with Crippen molar-refractivity contribution >= 4 is 17.1 Å². The molecule has 0 saturated carbocycles. The minimum atomic E-state index is -0.0253. The van der Waals surface area contributed by atoms with Gasteiger partial charge in [-0.1, -0.05) is 40.7 Å². The molecule has 8 heteroatoms. The molecule has 3 aromatic rings. The molecule has 0 bridgehead atoms. The molecule has 37 heavy (non-hydrogen) atoms. The number of rotatable bonds is 16. The molecule has 2 heterocycles. The van der Waals surface area contributed by atoms with Crippen LogP contribution >= 0.6 is 0 Å². The zero-order chi connectivity index (χ0) is 26.6. The van der Waals surface area contributed by atoms with Crippen LogP contribution in [0.1, 0.15) is 57.2 Å². The van der Waals surface area contributed by atoms with Crippen LogP contribution in [0.5, 0.6) is 5.75 Å². The van der Waals surface area contributed by atoms with Gasteiger partial charge in [0.1, 0.15) is 23.7 Å². The number of imidazole rings is 1. The molecule has 1 aromatic carbocycles. The van der Waals surface area contributed by atoms with Crippen LogP contribution in [-0.4, -0.2) is 64.8 Å². The van der Waals surface area contributed by atoms with Crippen molar-refractivity contribution in [2.75, 3.05) is 39.5 Å². The molecule has 1 N–H and O–H groups in total. The summed E-state index contributed by atoms with van der Waals surface area (Å²) in [5.74, 6) is 2.39. The summed E-state index contributed by atoms with van der Waals surface area (Å²) in [6.45, 7) is 16.0. The maximum absolute atomic E-state index is 13.6. The van der Waals surface area contributed by atoms with Crippen molar-refractivity contribution in [3.8, 4) is 5.75 Å². The highest BCUT2D eigenvalue weighted by atomic mass is 16.5. The van der Waals surface area contributed by atoms with Crippen LogP contribution in [0.2, 0.25) is 0 Å². The lowest BCUT2D eigenvalue weighted by molar-refractivity contribution is 0.0715. The number of nitrogens with one attached hydrogen (secondary N) is 1. The van der Waals surface area contributed by atoms with Crippen LogP contribution < -0.4 is 10.1 Å². The molecular formula is C29H43N5O3. The molecule has 3 rings (SSSR count). The normalized spacial score (nSPS) is 11.5. The highest BCUT2D eigenvalue weighted by Gasteiger charge is 2.21. The number of carbonyl (C=O) groups excluding carboxylic acids is 1. The number of fused-ring (bicyclic) bond motifs is 1. The van der Waals surface area contributed by atoms with E-state index in [1.807, 2.05) is 41.3 Å². The van der Waals surface area contributed by atoms with Crippen molar-refractivity contribution in [1.29, 1.82) is 0 Å². The molecule has 0 saturated heterocycles. The summed E-state index contributed by atoms with van der Waals surface area (Å²) < 4.78 is 13.6. The van der Waals surface area contributed by atoms with Crippen LogP contribution in [-0.2, 0) is 17.8 Å². The van der Waals surface area contributed by atoms with Crippen molar-refractivity contribution in [2.45, 2.75) is 54.1 Å². The van der Waals surface area contributed by atoms with E-state index in [4.69, 9.17) is 14.5 Å². The van der Waals surface area contributed by atoms with Crippen LogP contribution in [0.25, 0.3) is 11.2 Å². The van der Waals surface area contributed by atoms with Gasteiger partial charge in [0.05, 0.1) is 13.2 Å². The van der Waals surface area contributed by atoms with Crippen LogP contribution in [0.15, 0.2) is 42.6 Å². The molecule has 0 spiro atoms. The highest BCUT2D eigenvalue weighted by molar-refractivity contribution is 5.94. The van der Waals surface area contributed by atoms with E-state index < -0.39 is 0 Å². The average molecular weight is 510 g/mol. The number of hydrogen-bond donors (Lipinski definition) is 1. The third-order valence-electron chi connectivity index (χ3n) is 5.74. The molecule has 0 aliphatic rings. The van der Waals surface area contributed by atoms with E-state index in [2.05, 4.69) is 49.5 Å². The third kappa shape index (κ3) is 8.83. The number of aryl methyl sites for hydroxylation is 1. The number of benzene rings is 1. The molecule has 0 aliphatic carbocycles. The fourth-order valence-corrected chi connectivity index (χ4v) is 4.15. The van der Waals surface area contributed by atoms with Crippen molar-refractivity contribution in [2.24, 2.45) is 11.8 Å². The molecule has 0 radical (unpaired) electrons. The monoisotopic (exact) mass is 509 g/mol. The standard InChI is InChI=1S/C29H43N5O3/c1-6-15-34-27(32-26-11-8-12-31-28(26)34)20-33(19-22(2)3)29(35)24-9-7-10-25(18-24)37-17-14-30-13-16-36-21-23(4)5/h7-12,18,22-23,30H,6,13-17,19-21H2,1-5H3. The van der Waals surface area contributed by atoms with Crippen LogP contribution in [0.4, 0.5) is 0 Å². The number of amides is 1. The first-order chi connectivity index (χ1) is 17.9. The summed E-state index contributed by atoms with van der Waals surface area (Å²) in [6, 6.07) is 11.3. The topological polar surface area (TPSA) is 81.5 Å². The number of pyridine rings is 1. The molecule has 0 aliphatic heterocycles. The van der Waals surface area contributed by atoms with Gasteiger partial charge in [0.2, 0.25) is 0 Å². The van der Waals surface area contributed by atoms with Gasteiger partial charge in [-0.15, -0.1) is 0 Å². The second kappa shape index (κ2) is 14.7. The van der Waals surface area contributed by atoms with Crippen LogP contribution in [0, 0.1) is 11.8 Å². The van der Waals surface area contributed by atoms with Gasteiger partial charge in [0, 0.05) is 44.5 Å². The Kier molecular flexibility index (Phi) is 11.4. The Bertz CT molecular complexity index is 1110. The lowest BCUT2D eigenvalue weighted by Crippen LogP contribution is -2.34. The summed E-state index contributed by atoms with van der Waals surface area (Å²) in [5.41, 5.74) is 2.34. The van der Waals surface area contributed by atoms with E-state index in [0.717, 1.165) is 43.1 Å². The van der Waals surface area contributed by atoms with E-state index in [1.165, 1.54) is 0 Å². The van der Waals surface area contributed by atoms with Gasteiger partial charge >= 0.3 is 0 Å². The molecular weight excluding hydrogens is 466 g/mol. The maximum Gasteiger partial charge on any atom is 0.254 e. The van der Waals surface area contributed by atoms with E-state index >= 15 is 0 Å². The summed E-state index contributed by atoms with van der Waals surface area (Å²) in [7, 11) is 0. The van der Waals surface area contributed by atoms with E-state index in [-0.39, 0.29) is 5.91 Å². The minimum absolute atomic E-state index is 0.0253. The SMILES string of the molecule is CCCn1c(CN(CC(C)C)C(=O)c2cccc(OCCNCCOCC(C)C)c2)nc2cccnc21. The Morgan fingerprint density at radius 2 is 1.89 bits per heavy atom. The highest BCUT2D eigenvalue weighted by Crippen LogP contribution is 2.20. The van der Waals surface area contributed by atoms with Crippen molar-refractivity contribution in [1.82, 2.24) is 24.8 Å². The Morgan fingerprint density at radius 1 is 1.08 bits per heavy atom. The van der Waals surface area contributed by atoms with Crippen molar-refractivity contribution in [3.05, 3.63) is 54.0 Å². The zero-order valence-corrected chi connectivity index (χ0v) is 23.1. The fourth-order valence-electron chi connectivity index (χ4n) is 4.15. The number of aromatic nitrogens is 3. The van der Waals surface area contributed by atoms with E-state index in [0.29, 0.717) is 56.0 Å². The van der Waals surface area contributed by atoms with Crippen LogP contribution in [0.3, 0.4) is 0 Å². The molecule has 0 unspecified atom stereocenters. The summed E-state index contributed by atoms with van der Waals surface area (Å²) in [5, 5.41) is 3.32. The summed E-state index contributed by atoms with van der Waals surface area (Å²) in [6.07, 6.45) is 2.76. The second-order valence-electron chi connectivity index (χ2n) is 10.2. The Labute approximate surface area is 221 Å². The predicted molar refractivity (Wildman–Crippen MR) is 148 cm³/mol. The zero-order valence-electron chi connectivity index (χ0n) is 23.1. The first kappa shape index (κ1) is 28.6. The first-order valence-electron chi connectivity index (χ1n) is 13.5. The lowest BCUT2D eigenvalue weighted by atomic mass is 10.1. The Hall–Kier alpha value is -2.97. The molecule has 1 amide bonds. The number of ether oxygens (including phenoxy) is 2. The second-order valence-corrected chi connectivity index (χ2v) is 10.2. The third-order valence-corrected chi connectivity index (χ3v) is 5.74. The molecule has 0 fully saturated rings. The smallest absolute Gasteiger partial charge is 0.254 e. The first-order valence-corrected chi connectivity index (χ1v) is 13.5. The summed E-state index contributed by atoms with van der Waals surface area (Å²) in [4.78, 5) is 24.9. The van der Waals surface area contributed by atoms with E-state index in [9.17, 15) is 4.79 Å². The largest absolute Gasteiger partial charge is 0.492 e. The van der Waals surface area contributed by atoms with Gasteiger partial charge in [0.25, 0.3) is 5.91 Å². The number of hydrogen-bond acceptors (Lipinski definition) is 6. The van der Waals surface area contributed by atoms with E-state index in [1.54, 1.807) is 6.20 Å². The summed E-state index contributed by atoms with van der Waals surface area (Å²) >= 11 is 0. The maximum atomic E-state index is 13.6. The molecule has 0 atom stereocenters. The predicted octanol–water partition coefficient (Wildman–Crippen LogP) is 4.78. The van der Waals surface area contributed by atoms with Gasteiger partial charge < -0.3 is 24.3 Å². The van der Waals surface area contributed by atoms with Gasteiger partial charge in [-0.05, 0) is 48.6 Å². The number of nitrogens with zero attached hydrogens (tertiary/aromatic N) is 4. The molecule has 8 nitrogen and oxygen atoms in total. The Morgan fingerprint density at radius 3 is 2.65 bits per heavy atom. The molecule has 2 aromatic heterocycles. The average Bonchev–Trinajstić information content (AvgIpc) is 3.21. The number of carbonyl (C=O) groups is 1. The molecule has 202 valence electrons. The van der Waals surface area contributed by atoms with Gasteiger partial charge in [-0.3, -0.25) is 4.79 Å².